The zero-order valence-corrected chi connectivity index (χ0v) is 29.5. The van der Waals surface area contributed by atoms with Crippen molar-refractivity contribution in [2.75, 3.05) is 0 Å². The fourth-order valence-electron chi connectivity index (χ4n) is 8.09. The van der Waals surface area contributed by atoms with Gasteiger partial charge >= 0.3 is 0 Å². The summed E-state index contributed by atoms with van der Waals surface area (Å²) < 4.78 is 19.6. The van der Waals surface area contributed by atoms with Crippen LogP contribution in [-0.4, -0.2) is 15.0 Å². The number of aromatic nitrogens is 3. The minimum absolute atomic E-state index is 0.135. The Morgan fingerprint density at radius 1 is 0.444 bits per heavy atom. The van der Waals surface area contributed by atoms with Crippen LogP contribution in [-0.2, 0) is 5.41 Å². The first-order valence-electron chi connectivity index (χ1n) is 18.1. The number of benzene rings is 7. The van der Waals surface area contributed by atoms with Crippen LogP contribution in [0.4, 0.5) is 0 Å². The van der Waals surface area contributed by atoms with Gasteiger partial charge in [0.1, 0.15) is 11.2 Å². The van der Waals surface area contributed by atoms with Gasteiger partial charge in [-0.15, -0.1) is 0 Å². The van der Waals surface area contributed by atoms with Gasteiger partial charge in [0.15, 0.2) is 40.5 Å². The van der Waals surface area contributed by atoms with E-state index in [0.717, 1.165) is 61.1 Å². The molecule has 0 saturated carbocycles. The largest absolute Gasteiger partial charge is 0.455 e. The van der Waals surface area contributed by atoms with E-state index in [1.807, 2.05) is 72.8 Å². The number of fused-ring (bicyclic) bond motifs is 9. The van der Waals surface area contributed by atoms with Gasteiger partial charge in [-0.1, -0.05) is 135 Å². The fourth-order valence-corrected chi connectivity index (χ4v) is 8.09. The molecule has 0 amide bonds. The van der Waals surface area contributed by atoms with E-state index in [0.29, 0.717) is 34.7 Å². The van der Waals surface area contributed by atoms with Crippen molar-refractivity contribution in [3.63, 3.8) is 0 Å². The maximum Gasteiger partial charge on any atom is 0.178 e. The van der Waals surface area contributed by atoms with Gasteiger partial charge < -0.3 is 13.9 Å². The molecule has 0 atom stereocenters. The molecule has 3 heterocycles. The second kappa shape index (κ2) is 11.5. The highest BCUT2D eigenvalue weighted by atomic mass is 16.6. The smallest absolute Gasteiger partial charge is 0.178 e. The van der Waals surface area contributed by atoms with Gasteiger partial charge in [0.25, 0.3) is 0 Å². The third-order valence-corrected chi connectivity index (χ3v) is 10.8. The Bertz CT molecular complexity index is 2970. The molecule has 54 heavy (non-hydrogen) atoms. The number of nitrogens with zero attached hydrogens (tertiary/aromatic N) is 3. The lowest BCUT2D eigenvalue weighted by atomic mass is 9.82. The lowest BCUT2D eigenvalue weighted by molar-refractivity contribution is 0.360. The molecule has 1 aliphatic heterocycles. The number of para-hydroxylation sites is 2. The molecule has 7 aromatic carbocycles. The predicted molar refractivity (Wildman–Crippen MR) is 213 cm³/mol. The topological polar surface area (TPSA) is 70.3 Å². The Balaban J connectivity index is 0.975. The molecule has 0 unspecified atom stereocenters. The summed E-state index contributed by atoms with van der Waals surface area (Å²) in [5.41, 5.74) is 11.1. The highest BCUT2D eigenvalue weighted by Gasteiger charge is 2.39. The summed E-state index contributed by atoms with van der Waals surface area (Å²) in [5, 5.41) is 2.21. The molecule has 0 saturated heterocycles. The lowest BCUT2D eigenvalue weighted by Crippen LogP contribution is -2.15. The Morgan fingerprint density at radius 3 is 1.91 bits per heavy atom. The van der Waals surface area contributed by atoms with Gasteiger partial charge in [0, 0.05) is 44.0 Å². The molecule has 1 aliphatic carbocycles. The summed E-state index contributed by atoms with van der Waals surface area (Å²) in [5.74, 6) is 4.39. The SMILES string of the molecule is CC1(C)c2ccccc2-c2c1ccc1c2Oc2ccc(-c3nc(-c4ccccc4)nc(-c4ccc(-c5cccc6c5oc5ccccc56)cc4)n3)cc2O1. The van der Waals surface area contributed by atoms with Crippen LogP contribution in [0.1, 0.15) is 25.0 Å². The van der Waals surface area contributed by atoms with Gasteiger partial charge in [-0.25, -0.2) is 15.0 Å². The minimum atomic E-state index is -0.135. The van der Waals surface area contributed by atoms with E-state index in [1.54, 1.807) is 0 Å². The maximum absolute atomic E-state index is 6.65. The third kappa shape index (κ3) is 4.63. The number of rotatable bonds is 4. The Kier molecular flexibility index (Phi) is 6.49. The van der Waals surface area contributed by atoms with E-state index in [9.17, 15) is 0 Å². The standard InChI is InChI=1S/C48H31N3O3/c1-48(2)36-17-8-6-14-35(36)42-37(48)24-26-40-44(42)54-39-25-23-31(27-41(39)52-40)47-50-45(29-11-4-3-5-12-29)49-46(51-47)30-21-19-28(20-22-30)32-15-10-16-34-33-13-7-9-18-38(33)53-43(32)34/h3-27H,1-2H3. The van der Waals surface area contributed by atoms with Gasteiger partial charge in [-0.3, -0.25) is 0 Å². The molecule has 11 rings (SSSR count). The molecule has 6 heteroatoms. The van der Waals surface area contributed by atoms with E-state index >= 15 is 0 Å². The van der Waals surface area contributed by atoms with Crippen LogP contribution in [0.5, 0.6) is 23.0 Å². The van der Waals surface area contributed by atoms with Crippen molar-refractivity contribution in [3.8, 4) is 79.4 Å². The molecule has 256 valence electrons. The summed E-state index contributed by atoms with van der Waals surface area (Å²) in [4.78, 5) is 15.0. The highest BCUT2D eigenvalue weighted by Crippen LogP contribution is 2.58. The first kappa shape index (κ1) is 30.6. The van der Waals surface area contributed by atoms with Gasteiger partial charge in [0.05, 0.1) is 0 Å². The second-order valence-electron chi connectivity index (χ2n) is 14.4. The molecule has 0 spiro atoms. The summed E-state index contributed by atoms with van der Waals surface area (Å²) in [6.45, 7) is 4.52. The minimum Gasteiger partial charge on any atom is -0.455 e. The molecule has 0 fully saturated rings. The normalized spacial score (nSPS) is 13.4. The zero-order valence-electron chi connectivity index (χ0n) is 29.5. The van der Waals surface area contributed by atoms with E-state index in [-0.39, 0.29) is 5.41 Å². The van der Waals surface area contributed by atoms with Crippen molar-refractivity contribution >= 4 is 21.9 Å². The fraction of sp³-hybridized carbons (Fsp3) is 0.0625. The molecule has 9 aromatic rings. The van der Waals surface area contributed by atoms with E-state index in [1.165, 1.54) is 16.7 Å². The van der Waals surface area contributed by atoms with Crippen molar-refractivity contribution in [2.24, 2.45) is 0 Å². The first-order valence-corrected chi connectivity index (χ1v) is 18.1. The Morgan fingerprint density at radius 2 is 1.07 bits per heavy atom. The van der Waals surface area contributed by atoms with Crippen molar-refractivity contribution in [2.45, 2.75) is 19.3 Å². The summed E-state index contributed by atoms with van der Waals surface area (Å²) in [6, 6.07) is 51.4. The van der Waals surface area contributed by atoms with Crippen LogP contribution in [0.15, 0.2) is 156 Å². The molecular weight excluding hydrogens is 667 g/mol. The number of hydrogen-bond donors (Lipinski definition) is 0. The Labute approximate surface area is 311 Å². The summed E-state index contributed by atoms with van der Waals surface area (Å²) in [7, 11) is 0. The van der Waals surface area contributed by atoms with E-state index in [4.69, 9.17) is 28.8 Å². The van der Waals surface area contributed by atoms with Crippen LogP contribution in [0.3, 0.4) is 0 Å². The predicted octanol–water partition coefficient (Wildman–Crippen LogP) is 12.6. The van der Waals surface area contributed by atoms with Crippen LogP contribution < -0.4 is 9.47 Å². The van der Waals surface area contributed by atoms with Crippen LogP contribution in [0, 0.1) is 0 Å². The summed E-state index contributed by atoms with van der Waals surface area (Å²) in [6.07, 6.45) is 0. The van der Waals surface area contributed by atoms with Crippen molar-refractivity contribution in [1.29, 1.82) is 0 Å². The molecule has 0 radical (unpaired) electrons. The molecule has 0 N–H and O–H groups in total. The highest BCUT2D eigenvalue weighted by molar-refractivity contribution is 6.09. The lowest BCUT2D eigenvalue weighted by Gasteiger charge is -2.25. The molecule has 2 aliphatic rings. The van der Waals surface area contributed by atoms with Crippen LogP contribution >= 0.6 is 0 Å². The summed E-state index contributed by atoms with van der Waals surface area (Å²) >= 11 is 0. The average Bonchev–Trinajstić information content (AvgIpc) is 3.72. The second-order valence-corrected chi connectivity index (χ2v) is 14.4. The molecular formula is C48H31N3O3. The monoisotopic (exact) mass is 697 g/mol. The number of ether oxygens (including phenoxy) is 2. The molecule has 0 bridgehead atoms. The van der Waals surface area contributed by atoms with Crippen molar-refractivity contribution in [3.05, 3.63) is 163 Å². The zero-order chi connectivity index (χ0) is 36.0. The average molecular weight is 698 g/mol. The van der Waals surface area contributed by atoms with Crippen molar-refractivity contribution < 1.29 is 13.9 Å². The Hall–Kier alpha value is -7.05. The third-order valence-electron chi connectivity index (χ3n) is 10.8. The van der Waals surface area contributed by atoms with E-state index in [2.05, 4.69) is 92.7 Å². The molecule has 2 aromatic heterocycles. The van der Waals surface area contributed by atoms with Gasteiger partial charge in [-0.05, 0) is 52.6 Å². The quantitative estimate of drug-likeness (QED) is 0.182. The van der Waals surface area contributed by atoms with E-state index < -0.39 is 0 Å². The maximum atomic E-state index is 6.65. The first-order chi connectivity index (χ1) is 26.5. The number of hydrogen-bond acceptors (Lipinski definition) is 6. The van der Waals surface area contributed by atoms with Gasteiger partial charge in [0.2, 0.25) is 0 Å². The number of furan rings is 1. The van der Waals surface area contributed by atoms with Crippen LogP contribution in [0.25, 0.3) is 78.4 Å². The van der Waals surface area contributed by atoms with Crippen molar-refractivity contribution in [1.82, 2.24) is 15.0 Å². The van der Waals surface area contributed by atoms with Crippen LogP contribution in [0.2, 0.25) is 0 Å². The van der Waals surface area contributed by atoms with Gasteiger partial charge in [-0.2, -0.15) is 0 Å². The molecule has 6 nitrogen and oxygen atoms in total.